The van der Waals surface area contributed by atoms with E-state index in [1.54, 1.807) is 25.1 Å². The monoisotopic (exact) mass is 452 g/mol. The van der Waals surface area contributed by atoms with Crippen molar-refractivity contribution < 1.29 is 21.6 Å². The number of amides is 1. The highest BCUT2D eigenvalue weighted by atomic mass is 32.2. The van der Waals surface area contributed by atoms with Crippen LogP contribution in [0.4, 0.5) is 0 Å². The zero-order valence-corrected chi connectivity index (χ0v) is 18.7. The van der Waals surface area contributed by atoms with Gasteiger partial charge in [-0.25, -0.2) is 21.6 Å². The maximum absolute atomic E-state index is 12.5. The highest BCUT2D eigenvalue weighted by Gasteiger charge is 2.22. The molecular weight excluding hydrogens is 424 g/mol. The van der Waals surface area contributed by atoms with E-state index in [4.69, 9.17) is 0 Å². The summed E-state index contributed by atoms with van der Waals surface area (Å²) in [5, 5.41) is 2.88. The van der Waals surface area contributed by atoms with Gasteiger partial charge in [-0.2, -0.15) is 0 Å². The lowest BCUT2D eigenvalue weighted by molar-refractivity contribution is -0.124. The number of nitrogens with one attached hydrogen (secondary N) is 2. The Morgan fingerprint density at radius 3 is 2.07 bits per heavy atom. The van der Waals surface area contributed by atoms with Crippen LogP contribution in [-0.4, -0.2) is 47.3 Å². The molecule has 2 aromatic carbocycles. The molecule has 0 bridgehead atoms. The van der Waals surface area contributed by atoms with Crippen LogP contribution in [0.5, 0.6) is 0 Å². The molecule has 0 aliphatic rings. The minimum Gasteiger partial charge on any atom is -0.353 e. The standard InChI is InChI=1S/C21H28N2O5S2/c1-17(16-29(2,25)26)21(24)23-19(15-18-9-5-3-6-10-18)13-14-22-30(27,28)20-11-7-4-8-12-20/h3-12,17,19,22H,13-16H2,1-2H3,(H,23,24). The Morgan fingerprint density at radius 2 is 1.50 bits per heavy atom. The first-order valence-electron chi connectivity index (χ1n) is 9.63. The number of benzene rings is 2. The molecule has 30 heavy (non-hydrogen) atoms. The van der Waals surface area contributed by atoms with Crippen molar-refractivity contribution in [1.82, 2.24) is 10.0 Å². The van der Waals surface area contributed by atoms with Crippen molar-refractivity contribution in [3.05, 3.63) is 66.2 Å². The molecule has 0 saturated heterocycles. The summed E-state index contributed by atoms with van der Waals surface area (Å²) in [6.07, 6.45) is 1.96. The van der Waals surface area contributed by atoms with E-state index < -0.39 is 25.8 Å². The highest BCUT2D eigenvalue weighted by molar-refractivity contribution is 7.90. The van der Waals surface area contributed by atoms with Crippen molar-refractivity contribution >= 4 is 25.8 Å². The van der Waals surface area contributed by atoms with E-state index in [0.717, 1.165) is 11.8 Å². The summed E-state index contributed by atoms with van der Waals surface area (Å²) >= 11 is 0. The molecule has 0 fully saturated rings. The number of hydrogen-bond donors (Lipinski definition) is 2. The molecule has 2 atom stereocenters. The summed E-state index contributed by atoms with van der Waals surface area (Å²) in [5.74, 6) is -1.30. The third-order valence-electron chi connectivity index (χ3n) is 4.51. The molecule has 0 heterocycles. The van der Waals surface area contributed by atoms with Gasteiger partial charge in [-0.1, -0.05) is 55.5 Å². The lowest BCUT2D eigenvalue weighted by Crippen LogP contribution is -2.43. The van der Waals surface area contributed by atoms with Crippen LogP contribution in [0.25, 0.3) is 0 Å². The zero-order chi connectivity index (χ0) is 22.2. The Hall–Kier alpha value is -2.23. The van der Waals surface area contributed by atoms with E-state index in [9.17, 15) is 21.6 Å². The molecule has 9 heteroatoms. The Bertz CT molecular complexity index is 1020. The molecule has 1 amide bonds. The van der Waals surface area contributed by atoms with Gasteiger partial charge in [-0.3, -0.25) is 4.79 Å². The van der Waals surface area contributed by atoms with Gasteiger partial charge in [-0.05, 0) is 30.5 Å². The van der Waals surface area contributed by atoms with E-state index in [1.807, 2.05) is 30.3 Å². The Balaban J connectivity index is 2.03. The predicted octanol–water partition coefficient (Wildman–Crippen LogP) is 1.76. The molecule has 0 saturated carbocycles. The van der Waals surface area contributed by atoms with Crippen LogP contribution in [-0.2, 0) is 31.1 Å². The largest absolute Gasteiger partial charge is 0.353 e. The first-order valence-corrected chi connectivity index (χ1v) is 13.2. The van der Waals surface area contributed by atoms with Crippen molar-refractivity contribution in [2.24, 2.45) is 5.92 Å². The van der Waals surface area contributed by atoms with E-state index >= 15 is 0 Å². The van der Waals surface area contributed by atoms with Gasteiger partial charge in [0, 0.05) is 24.8 Å². The Labute approximate surface area is 178 Å². The van der Waals surface area contributed by atoms with Gasteiger partial charge in [0.2, 0.25) is 15.9 Å². The minimum atomic E-state index is -3.64. The summed E-state index contributed by atoms with van der Waals surface area (Å²) in [6.45, 7) is 1.70. The van der Waals surface area contributed by atoms with Crippen molar-refractivity contribution in [3.63, 3.8) is 0 Å². The smallest absolute Gasteiger partial charge is 0.240 e. The van der Waals surface area contributed by atoms with Crippen molar-refractivity contribution in [1.29, 1.82) is 0 Å². The fraction of sp³-hybridized carbons (Fsp3) is 0.381. The van der Waals surface area contributed by atoms with Gasteiger partial charge >= 0.3 is 0 Å². The number of sulfonamides is 1. The number of rotatable bonds is 11. The summed E-state index contributed by atoms with van der Waals surface area (Å²) < 4.78 is 50.3. The van der Waals surface area contributed by atoms with Gasteiger partial charge in [-0.15, -0.1) is 0 Å². The van der Waals surface area contributed by atoms with E-state index in [0.29, 0.717) is 12.8 Å². The second-order valence-electron chi connectivity index (χ2n) is 7.39. The third kappa shape index (κ3) is 8.25. The first-order chi connectivity index (χ1) is 14.1. The molecular formula is C21H28N2O5S2. The van der Waals surface area contributed by atoms with Gasteiger partial charge in [0.05, 0.1) is 10.6 Å². The summed E-state index contributed by atoms with van der Waals surface area (Å²) in [6, 6.07) is 17.2. The molecule has 2 N–H and O–H groups in total. The molecule has 2 unspecified atom stereocenters. The Morgan fingerprint density at radius 1 is 0.933 bits per heavy atom. The third-order valence-corrected chi connectivity index (χ3v) is 7.09. The Kier molecular flexibility index (Phi) is 8.57. The number of sulfone groups is 1. The van der Waals surface area contributed by atoms with Crippen LogP contribution in [0.15, 0.2) is 65.6 Å². The number of carbonyl (C=O) groups excluding carboxylic acids is 1. The maximum atomic E-state index is 12.5. The lowest BCUT2D eigenvalue weighted by atomic mass is 10.0. The minimum absolute atomic E-state index is 0.134. The first kappa shape index (κ1) is 24.0. The van der Waals surface area contributed by atoms with E-state index in [-0.39, 0.29) is 29.1 Å². The SMILES string of the molecule is CC(CS(C)(=O)=O)C(=O)NC(CCNS(=O)(=O)c1ccccc1)Cc1ccccc1. The second-order valence-corrected chi connectivity index (χ2v) is 11.3. The van der Waals surface area contributed by atoms with Crippen LogP contribution in [0.2, 0.25) is 0 Å². The number of hydrogen-bond acceptors (Lipinski definition) is 5. The van der Waals surface area contributed by atoms with Crippen molar-refractivity contribution in [2.75, 3.05) is 18.6 Å². The van der Waals surface area contributed by atoms with Gasteiger partial charge in [0.25, 0.3) is 0 Å². The quantitative estimate of drug-likeness (QED) is 0.540. The summed E-state index contributed by atoms with van der Waals surface area (Å²) in [7, 11) is -6.92. The van der Waals surface area contributed by atoms with Crippen LogP contribution in [0, 0.1) is 5.92 Å². The molecule has 0 spiro atoms. The van der Waals surface area contributed by atoms with Gasteiger partial charge in [0.1, 0.15) is 9.84 Å². The van der Waals surface area contributed by atoms with Crippen LogP contribution >= 0.6 is 0 Å². The second kappa shape index (κ2) is 10.7. The molecule has 0 aliphatic heterocycles. The zero-order valence-electron chi connectivity index (χ0n) is 17.1. The summed E-state index contributed by atoms with van der Waals surface area (Å²) in [4.78, 5) is 12.7. The van der Waals surface area contributed by atoms with Crippen LogP contribution < -0.4 is 10.0 Å². The fourth-order valence-electron chi connectivity index (χ4n) is 3.05. The molecule has 164 valence electrons. The van der Waals surface area contributed by atoms with Crippen LogP contribution in [0.3, 0.4) is 0 Å². The average molecular weight is 453 g/mol. The van der Waals surface area contributed by atoms with E-state index in [2.05, 4.69) is 10.0 Å². The lowest BCUT2D eigenvalue weighted by Gasteiger charge is -2.21. The van der Waals surface area contributed by atoms with Gasteiger partial charge < -0.3 is 5.32 Å². The average Bonchev–Trinajstić information content (AvgIpc) is 2.68. The number of carbonyl (C=O) groups is 1. The predicted molar refractivity (Wildman–Crippen MR) is 117 cm³/mol. The van der Waals surface area contributed by atoms with E-state index in [1.165, 1.54) is 12.1 Å². The normalized spacial score (nSPS) is 14.1. The van der Waals surface area contributed by atoms with Crippen LogP contribution in [0.1, 0.15) is 18.9 Å². The van der Waals surface area contributed by atoms with Crippen molar-refractivity contribution in [2.45, 2.75) is 30.7 Å². The molecule has 0 aromatic heterocycles. The fourth-order valence-corrected chi connectivity index (χ4v) is 5.18. The highest BCUT2D eigenvalue weighted by Crippen LogP contribution is 2.10. The molecule has 2 rings (SSSR count). The topological polar surface area (TPSA) is 109 Å². The van der Waals surface area contributed by atoms with Gasteiger partial charge in [0.15, 0.2) is 0 Å². The molecule has 7 nitrogen and oxygen atoms in total. The molecule has 0 radical (unpaired) electrons. The molecule has 2 aromatic rings. The maximum Gasteiger partial charge on any atom is 0.240 e. The van der Waals surface area contributed by atoms with Crippen molar-refractivity contribution in [3.8, 4) is 0 Å². The summed E-state index contributed by atoms with van der Waals surface area (Å²) in [5.41, 5.74) is 0.990. The molecule has 0 aliphatic carbocycles.